The van der Waals surface area contributed by atoms with Crippen LogP contribution in [0.4, 0.5) is 11.4 Å². The number of carbonyl (C=O) groups is 3. The van der Waals surface area contributed by atoms with E-state index in [1.54, 1.807) is 12.1 Å². The summed E-state index contributed by atoms with van der Waals surface area (Å²) in [4.78, 5) is 36.3. The highest BCUT2D eigenvalue weighted by Gasteiger charge is 2.42. The number of sulfonamides is 1. The third-order valence-electron chi connectivity index (χ3n) is 4.33. The van der Waals surface area contributed by atoms with E-state index >= 15 is 0 Å². The van der Waals surface area contributed by atoms with Crippen molar-refractivity contribution < 1.29 is 27.5 Å². The van der Waals surface area contributed by atoms with E-state index in [9.17, 15) is 22.8 Å². The Morgan fingerprint density at radius 2 is 1.93 bits per heavy atom. The van der Waals surface area contributed by atoms with Crippen LogP contribution in [0, 0.1) is 5.92 Å². The summed E-state index contributed by atoms with van der Waals surface area (Å²) in [5.41, 5.74) is 0.771. The minimum atomic E-state index is -3.77. The summed E-state index contributed by atoms with van der Waals surface area (Å²) < 4.78 is 29.8. The number of hydrogen-bond acceptors (Lipinski definition) is 6. The minimum absolute atomic E-state index is 0.0216. The molecule has 0 spiro atoms. The molecule has 1 fully saturated rings. The first-order valence-corrected chi connectivity index (χ1v) is 10.5. The SMILES string of the molecule is COC(=O)c1cccc(NC(=O)c2ccc(N3C(=O)C(C)CS3(=O)=O)cc2Cl)c1. The van der Waals surface area contributed by atoms with Crippen molar-refractivity contribution in [2.24, 2.45) is 5.92 Å². The molecule has 3 rings (SSSR count). The van der Waals surface area contributed by atoms with Crippen LogP contribution in [-0.4, -0.2) is 39.1 Å². The molecular weight excluding hydrogens is 420 g/mol. The van der Waals surface area contributed by atoms with Gasteiger partial charge in [-0.05, 0) is 36.4 Å². The zero-order valence-electron chi connectivity index (χ0n) is 15.5. The molecule has 1 N–H and O–H groups in total. The van der Waals surface area contributed by atoms with Crippen LogP contribution in [0.1, 0.15) is 27.6 Å². The number of anilines is 2. The number of rotatable bonds is 4. The van der Waals surface area contributed by atoms with Gasteiger partial charge >= 0.3 is 5.97 Å². The second-order valence-corrected chi connectivity index (χ2v) is 8.74. The van der Waals surface area contributed by atoms with Crippen molar-refractivity contribution in [3.63, 3.8) is 0 Å². The van der Waals surface area contributed by atoms with Gasteiger partial charge in [0, 0.05) is 5.69 Å². The van der Waals surface area contributed by atoms with E-state index in [1.807, 2.05) is 0 Å². The molecule has 8 nitrogen and oxygen atoms in total. The van der Waals surface area contributed by atoms with Crippen molar-refractivity contribution in [3.05, 3.63) is 58.6 Å². The van der Waals surface area contributed by atoms with Gasteiger partial charge in [0.1, 0.15) is 0 Å². The number of esters is 1. The maximum absolute atomic E-state index is 12.6. The van der Waals surface area contributed by atoms with Crippen LogP contribution < -0.4 is 9.62 Å². The molecule has 2 amide bonds. The molecule has 1 atom stereocenters. The van der Waals surface area contributed by atoms with Crippen molar-refractivity contribution in [2.45, 2.75) is 6.92 Å². The summed E-state index contributed by atoms with van der Waals surface area (Å²) in [6, 6.07) is 10.1. The second kappa shape index (κ2) is 7.84. The van der Waals surface area contributed by atoms with Crippen LogP contribution >= 0.6 is 11.6 Å². The van der Waals surface area contributed by atoms with Gasteiger partial charge in [-0.3, -0.25) is 9.59 Å². The molecule has 0 bridgehead atoms. The first kappa shape index (κ1) is 20.8. The third-order valence-corrected chi connectivity index (χ3v) is 6.51. The standard InChI is InChI=1S/C19H17ClN2O6S/c1-11-10-29(26,27)22(18(11)24)14-6-7-15(16(20)9-14)17(23)21-13-5-3-4-12(8-13)19(25)28-2/h3-9,11H,10H2,1-2H3,(H,21,23). The monoisotopic (exact) mass is 436 g/mol. The first-order chi connectivity index (χ1) is 13.6. The average molecular weight is 437 g/mol. The molecule has 10 heteroatoms. The van der Waals surface area contributed by atoms with Gasteiger partial charge in [-0.2, -0.15) is 0 Å². The summed E-state index contributed by atoms with van der Waals surface area (Å²) in [6.45, 7) is 1.53. The number of methoxy groups -OCH3 is 1. The van der Waals surface area contributed by atoms with Crippen LogP contribution in [0.15, 0.2) is 42.5 Å². The first-order valence-electron chi connectivity index (χ1n) is 8.50. The van der Waals surface area contributed by atoms with Gasteiger partial charge < -0.3 is 10.1 Å². The van der Waals surface area contributed by atoms with Crippen LogP contribution in [0.25, 0.3) is 0 Å². The van der Waals surface area contributed by atoms with Crippen LogP contribution in [-0.2, 0) is 19.6 Å². The molecule has 1 aliphatic heterocycles. The Bertz CT molecular complexity index is 1120. The summed E-state index contributed by atoms with van der Waals surface area (Å²) in [5, 5.41) is 2.59. The van der Waals surface area contributed by atoms with Gasteiger partial charge in [0.15, 0.2) is 0 Å². The molecule has 1 saturated heterocycles. The number of ether oxygens (including phenoxy) is 1. The maximum Gasteiger partial charge on any atom is 0.337 e. The fourth-order valence-electron chi connectivity index (χ4n) is 2.94. The van der Waals surface area contributed by atoms with Crippen molar-refractivity contribution in [2.75, 3.05) is 22.5 Å². The molecule has 0 radical (unpaired) electrons. The van der Waals surface area contributed by atoms with Gasteiger partial charge in [-0.25, -0.2) is 17.5 Å². The van der Waals surface area contributed by atoms with E-state index in [-0.39, 0.29) is 27.6 Å². The average Bonchev–Trinajstić information content (AvgIpc) is 2.87. The zero-order chi connectivity index (χ0) is 21.3. The minimum Gasteiger partial charge on any atom is -0.465 e. The van der Waals surface area contributed by atoms with Gasteiger partial charge in [-0.1, -0.05) is 24.6 Å². The van der Waals surface area contributed by atoms with E-state index in [4.69, 9.17) is 11.6 Å². The molecule has 1 aliphatic rings. The third kappa shape index (κ3) is 4.10. The Hall–Kier alpha value is -2.91. The highest BCUT2D eigenvalue weighted by Crippen LogP contribution is 2.31. The zero-order valence-corrected chi connectivity index (χ0v) is 17.1. The largest absolute Gasteiger partial charge is 0.465 e. The molecule has 1 heterocycles. The van der Waals surface area contributed by atoms with Crippen molar-refractivity contribution in [1.29, 1.82) is 0 Å². The predicted octanol–water partition coefficient (Wildman–Crippen LogP) is 2.69. The number of halogens is 1. The van der Waals surface area contributed by atoms with Gasteiger partial charge in [0.2, 0.25) is 15.9 Å². The van der Waals surface area contributed by atoms with E-state index < -0.39 is 33.7 Å². The number of amides is 2. The van der Waals surface area contributed by atoms with E-state index in [0.717, 1.165) is 0 Å². The maximum atomic E-state index is 12.6. The van der Waals surface area contributed by atoms with Gasteiger partial charge in [0.05, 0.1) is 40.6 Å². The van der Waals surface area contributed by atoms with Crippen molar-refractivity contribution in [3.8, 4) is 0 Å². The molecule has 1 unspecified atom stereocenters. The lowest BCUT2D eigenvalue weighted by Gasteiger charge is -2.16. The van der Waals surface area contributed by atoms with Crippen LogP contribution in [0.5, 0.6) is 0 Å². The molecule has 0 aliphatic carbocycles. The smallest absolute Gasteiger partial charge is 0.337 e. The molecule has 152 valence electrons. The Morgan fingerprint density at radius 3 is 2.52 bits per heavy atom. The van der Waals surface area contributed by atoms with E-state index in [2.05, 4.69) is 10.1 Å². The summed E-state index contributed by atoms with van der Waals surface area (Å²) in [5.74, 6) is -2.58. The van der Waals surface area contributed by atoms with Crippen molar-refractivity contribution in [1.82, 2.24) is 0 Å². The van der Waals surface area contributed by atoms with E-state index in [1.165, 1.54) is 44.4 Å². The lowest BCUT2D eigenvalue weighted by Crippen LogP contribution is -2.30. The van der Waals surface area contributed by atoms with Gasteiger partial charge in [0.25, 0.3) is 5.91 Å². The quantitative estimate of drug-likeness (QED) is 0.738. The number of nitrogens with one attached hydrogen (secondary N) is 1. The Morgan fingerprint density at radius 1 is 1.21 bits per heavy atom. The molecule has 2 aromatic rings. The Kier molecular flexibility index (Phi) is 5.63. The molecule has 2 aromatic carbocycles. The second-order valence-electron chi connectivity index (χ2n) is 6.47. The lowest BCUT2D eigenvalue weighted by atomic mass is 10.1. The molecular formula is C19H17ClN2O6S. The van der Waals surface area contributed by atoms with Crippen molar-refractivity contribution >= 4 is 50.8 Å². The number of nitrogens with zero attached hydrogens (tertiary/aromatic N) is 1. The van der Waals surface area contributed by atoms with Gasteiger partial charge in [-0.15, -0.1) is 0 Å². The normalized spacial score (nSPS) is 17.8. The van der Waals surface area contributed by atoms with E-state index in [0.29, 0.717) is 9.99 Å². The Labute approximate surface area is 172 Å². The molecule has 29 heavy (non-hydrogen) atoms. The topological polar surface area (TPSA) is 110 Å². The summed E-state index contributed by atoms with van der Waals surface area (Å²) in [7, 11) is -2.52. The highest BCUT2D eigenvalue weighted by molar-refractivity contribution is 7.94. The molecule has 0 aromatic heterocycles. The van der Waals surface area contributed by atoms with Crippen LogP contribution in [0.3, 0.4) is 0 Å². The summed E-state index contributed by atoms with van der Waals surface area (Å²) in [6.07, 6.45) is 0. The Balaban J connectivity index is 1.85. The fraction of sp³-hybridized carbons (Fsp3) is 0.211. The predicted molar refractivity (Wildman–Crippen MR) is 108 cm³/mol. The summed E-state index contributed by atoms with van der Waals surface area (Å²) >= 11 is 6.18. The number of hydrogen-bond donors (Lipinski definition) is 1. The molecule has 0 saturated carbocycles. The van der Waals surface area contributed by atoms with Crippen LogP contribution in [0.2, 0.25) is 5.02 Å². The lowest BCUT2D eigenvalue weighted by molar-refractivity contribution is -0.119. The number of benzene rings is 2. The fourth-order valence-corrected chi connectivity index (χ4v) is 5.01. The number of carbonyl (C=O) groups excluding carboxylic acids is 3. The highest BCUT2D eigenvalue weighted by atomic mass is 35.5.